The molecule has 1 fully saturated rings. The molecule has 0 spiro atoms. The molecule has 3 aromatic rings. The molecule has 0 unspecified atom stereocenters. The summed E-state index contributed by atoms with van der Waals surface area (Å²) < 4.78 is 55.2. The average molecular weight is 461 g/mol. The number of aromatic nitrogens is 1. The molecule has 1 amide bonds. The van der Waals surface area contributed by atoms with E-state index in [1.807, 2.05) is 24.3 Å². The minimum Gasteiger partial charge on any atom is -0.497 e. The van der Waals surface area contributed by atoms with Crippen LogP contribution in [0.3, 0.4) is 0 Å². The lowest BCUT2D eigenvalue weighted by Gasteiger charge is -2.35. The maximum Gasteiger partial charge on any atom is 0.468 e. The first-order chi connectivity index (χ1) is 15.8. The molecule has 1 aliphatic rings. The van der Waals surface area contributed by atoms with Crippen LogP contribution < -0.4 is 14.4 Å². The van der Waals surface area contributed by atoms with Gasteiger partial charge in [-0.3, -0.25) is 4.79 Å². The maximum atomic E-state index is 13.3. The summed E-state index contributed by atoms with van der Waals surface area (Å²) in [5.74, 6) is -1.26. The van der Waals surface area contributed by atoms with Crippen molar-refractivity contribution in [1.82, 2.24) is 9.88 Å². The first-order valence-corrected chi connectivity index (χ1v) is 10.2. The molecule has 174 valence electrons. The predicted octanol–water partition coefficient (Wildman–Crippen LogP) is 4.34. The lowest BCUT2D eigenvalue weighted by molar-refractivity contribution is -0.157. The first kappa shape index (κ1) is 22.5. The van der Waals surface area contributed by atoms with Gasteiger partial charge in [-0.2, -0.15) is 13.2 Å². The van der Waals surface area contributed by atoms with E-state index >= 15 is 0 Å². The van der Waals surface area contributed by atoms with Crippen molar-refractivity contribution >= 4 is 11.6 Å². The van der Waals surface area contributed by atoms with Crippen molar-refractivity contribution in [3.05, 3.63) is 60.2 Å². The smallest absolute Gasteiger partial charge is 0.468 e. The van der Waals surface area contributed by atoms with E-state index in [-0.39, 0.29) is 5.69 Å². The summed E-state index contributed by atoms with van der Waals surface area (Å²) in [4.78, 5) is 20.3. The molecule has 2 aromatic carbocycles. The van der Waals surface area contributed by atoms with E-state index in [4.69, 9.17) is 13.9 Å². The van der Waals surface area contributed by atoms with E-state index in [9.17, 15) is 18.0 Å². The molecule has 0 aliphatic carbocycles. The molecular formula is C23H22F3N3O4. The monoisotopic (exact) mass is 461 g/mol. The van der Waals surface area contributed by atoms with Crippen molar-refractivity contribution in [3.63, 3.8) is 0 Å². The van der Waals surface area contributed by atoms with Crippen LogP contribution in [0.25, 0.3) is 11.3 Å². The molecule has 0 N–H and O–H groups in total. The lowest BCUT2D eigenvalue weighted by atomic mass is 10.1. The Morgan fingerprint density at radius 3 is 2.24 bits per heavy atom. The van der Waals surface area contributed by atoms with Crippen LogP contribution in [0, 0.1) is 0 Å². The number of carbonyl (C=O) groups is 1. The number of rotatable bonds is 5. The van der Waals surface area contributed by atoms with Crippen LogP contribution in [0.4, 0.5) is 18.9 Å². The molecule has 0 radical (unpaired) electrons. The first-order valence-electron chi connectivity index (χ1n) is 10.2. The topological polar surface area (TPSA) is 68.0 Å². The molecule has 0 saturated carbocycles. The summed E-state index contributed by atoms with van der Waals surface area (Å²) in [6, 6.07) is 13.8. The second kappa shape index (κ2) is 9.05. The van der Waals surface area contributed by atoms with Gasteiger partial charge in [-0.1, -0.05) is 6.07 Å². The van der Waals surface area contributed by atoms with Gasteiger partial charge in [0.15, 0.2) is 0 Å². The Balaban J connectivity index is 1.56. The molecule has 33 heavy (non-hydrogen) atoms. The van der Waals surface area contributed by atoms with Crippen LogP contribution in [0.1, 0.15) is 16.4 Å². The summed E-state index contributed by atoms with van der Waals surface area (Å²) in [7, 11) is 3.07. The number of methoxy groups -OCH3 is 2. The van der Waals surface area contributed by atoms with Gasteiger partial charge in [-0.25, -0.2) is 4.98 Å². The van der Waals surface area contributed by atoms with Crippen LogP contribution in [0.5, 0.6) is 11.5 Å². The number of benzene rings is 2. The molecule has 7 nitrogen and oxygen atoms in total. The highest BCUT2D eigenvalue weighted by Crippen LogP contribution is 2.35. The Bertz CT molecular complexity index is 1120. The van der Waals surface area contributed by atoms with Crippen LogP contribution in [-0.2, 0) is 6.18 Å². The van der Waals surface area contributed by atoms with Crippen molar-refractivity contribution < 1.29 is 31.9 Å². The zero-order chi connectivity index (χ0) is 23.6. The number of halogens is 3. The van der Waals surface area contributed by atoms with Gasteiger partial charge in [0.2, 0.25) is 5.76 Å². The van der Waals surface area contributed by atoms with Crippen molar-refractivity contribution in [2.24, 2.45) is 0 Å². The number of alkyl halides is 3. The summed E-state index contributed by atoms with van der Waals surface area (Å²) in [5, 5.41) is 0. The third kappa shape index (κ3) is 4.74. The third-order valence-electron chi connectivity index (χ3n) is 5.41. The highest BCUT2D eigenvalue weighted by Gasteiger charge is 2.40. The van der Waals surface area contributed by atoms with E-state index < -0.39 is 23.7 Å². The van der Waals surface area contributed by atoms with Crippen molar-refractivity contribution in [3.8, 4) is 22.8 Å². The van der Waals surface area contributed by atoms with Gasteiger partial charge in [0.1, 0.15) is 17.2 Å². The van der Waals surface area contributed by atoms with Gasteiger partial charge in [0, 0.05) is 43.5 Å². The van der Waals surface area contributed by atoms with E-state index in [2.05, 4.69) is 9.88 Å². The minimum atomic E-state index is -4.81. The van der Waals surface area contributed by atoms with Gasteiger partial charge < -0.3 is 23.7 Å². The van der Waals surface area contributed by atoms with E-state index in [1.165, 1.54) is 24.1 Å². The fourth-order valence-electron chi connectivity index (χ4n) is 3.65. The quantitative estimate of drug-likeness (QED) is 0.563. The number of hydrogen-bond donors (Lipinski definition) is 0. The van der Waals surface area contributed by atoms with Crippen LogP contribution in [0.15, 0.2) is 52.9 Å². The molecule has 1 aromatic heterocycles. The van der Waals surface area contributed by atoms with E-state index in [1.54, 1.807) is 19.2 Å². The lowest BCUT2D eigenvalue weighted by Crippen LogP contribution is -2.48. The molecule has 4 rings (SSSR count). The number of carbonyl (C=O) groups excluding carboxylic acids is 1. The Labute approximate surface area is 188 Å². The summed E-state index contributed by atoms with van der Waals surface area (Å²) in [5.41, 5.74) is 1.12. The Morgan fingerprint density at radius 2 is 1.64 bits per heavy atom. The van der Waals surface area contributed by atoms with E-state index in [0.717, 1.165) is 11.4 Å². The number of piperazine rings is 1. The van der Waals surface area contributed by atoms with Crippen molar-refractivity contribution in [2.45, 2.75) is 6.18 Å². The largest absolute Gasteiger partial charge is 0.497 e. The van der Waals surface area contributed by atoms with Crippen molar-refractivity contribution in [2.75, 3.05) is 45.3 Å². The fourth-order valence-corrected chi connectivity index (χ4v) is 3.65. The van der Waals surface area contributed by atoms with Gasteiger partial charge in [0.05, 0.1) is 14.2 Å². The Hall–Kier alpha value is -3.69. The second-order valence-electron chi connectivity index (χ2n) is 7.40. The van der Waals surface area contributed by atoms with Gasteiger partial charge in [-0.15, -0.1) is 0 Å². The number of anilines is 1. The number of oxazole rings is 1. The molecule has 1 saturated heterocycles. The fraction of sp³-hybridized carbons (Fsp3) is 0.304. The highest BCUT2D eigenvalue weighted by molar-refractivity contribution is 5.97. The van der Waals surface area contributed by atoms with Gasteiger partial charge in [-0.05, 0) is 36.4 Å². The molecule has 2 heterocycles. The van der Waals surface area contributed by atoms with Gasteiger partial charge in [0.25, 0.3) is 5.91 Å². The minimum absolute atomic E-state index is 0.148. The predicted molar refractivity (Wildman–Crippen MR) is 115 cm³/mol. The SMILES string of the molecule is COc1ccc(-c2nc(C(F)(F)F)oc2C(=O)N2CCN(c3cccc(OC)c3)CC2)cc1. The summed E-state index contributed by atoms with van der Waals surface area (Å²) in [6.45, 7) is 1.66. The zero-order valence-electron chi connectivity index (χ0n) is 18.1. The van der Waals surface area contributed by atoms with Crippen LogP contribution >= 0.6 is 0 Å². The zero-order valence-corrected chi connectivity index (χ0v) is 18.1. The number of hydrogen-bond acceptors (Lipinski definition) is 6. The average Bonchev–Trinajstić information content (AvgIpc) is 3.30. The molecule has 10 heteroatoms. The highest BCUT2D eigenvalue weighted by atomic mass is 19.4. The summed E-state index contributed by atoms with van der Waals surface area (Å²) >= 11 is 0. The molecule has 0 bridgehead atoms. The summed E-state index contributed by atoms with van der Waals surface area (Å²) in [6.07, 6.45) is -4.81. The van der Waals surface area contributed by atoms with Crippen LogP contribution in [0.2, 0.25) is 0 Å². The molecular weight excluding hydrogens is 439 g/mol. The molecule has 1 aliphatic heterocycles. The van der Waals surface area contributed by atoms with Crippen LogP contribution in [-0.4, -0.2) is 56.2 Å². The number of ether oxygens (including phenoxy) is 2. The Kier molecular flexibility index (Phi) is 6.17. The molecule has 0 atom stereocenters. The number of nitrogens with zero attached hydrogens (tertiary/aromatic N) is 3. The number of amides is 1. The maximum absolute atomic E-state index is 13.3. The normalized spacial score (nSPS) is 14.3. The van der Waals surface area contributed by atoms with E-state index in [0.29, 0.717) is 37.5 Å². The third-order valence-corrected chi connectivity index (χ3v) is 5.41. The second-order valence-corrected chi connectivity index (χ2v) is 7.40. The van der Waals surface area contributed by atoms with Gasteiger partial charge >= 0.3 is 12.1 Å². The Morgan fingerprint density at radius 1 is 0.970 bits per heavy atom. The standard InChI is InChI=1S/C23H22F3N3O4/c1-31-17-8-6-15(7-9-17)19-20(33-22(27-19)23(24,25)26)21(30)29-12-10-28(11-13-29)16-4-3-5-18(14-16)32-2/h3-9,14H,10-13H2,1-2H3. The van der Waals surface area contributed by atoms with Crippen molar-refractivity contribution in [1.29, 1.82) is 0 Å².